The predicted octanol–water partition coefficient (Wildman–Crippen LogP) is 2.11. The Morgan fingerprint density at radius 2 is 1.86 bits per heavy atom. The van der Waals surface area contributed by atoms with E-state index < -0.39 is 36.4 Å². The summed E-state index contributed by atoms with van der Waals surface area (Å²) in [6, 6.07) is 6.99. The summed E-state index contributed by atoms with van der Waals surface area (Å²) in [6.45, 7) is 3.22. The van der Waals surface area contributed by atoms with Crippen LogP contribution in [0.5, 0.6) is 0 Å². The molecule has 1 fully saturated rings. The van der Waals surface area contributed by atoms with Crippen LogP contribution >= 0.6 is 0 Å². The van der Waals surface area contributed by atoms with Crippen molar-refractivity contribution in [1.29, 1.82) is 0 Å². The van der Waals surface area contributed by atoms with Gasteiger partial charge in [0.05, 0.1) is 6.61 Å². The van der Waals surface area contributed by atoms with Crippen molar-refractivity contribution < 1.29 is 27.8 Å². The Morgan fingerprint density at radius 1 is 1.27 bits per heavy atom. The monoisotopic (exact) mass is 317 g/mol. The van der Waals surface area contributed by atoms with Crippen molar-refractivity contribution >= 4 is 5.91 Å². The molecule has 1 saturated heterocycles. The van der Waals surface area contributed by atoms with Gasteiger partial charge in [-0.2, -0.15) is 13.2 Å². The highest BCUT2D eigenvalue weighted by molar-refractivity contribution is 5.89. The highest BCUT2D eigenvalue weighted by Crippen LogP contribution is 2.35. The molecule has 1 amide bonds. The number of aliphatic hydroxyl groups excluding tert-OH is 1. The number of carbonyl (C=O) groups is 1. The molecule has 1 aromatic carbocycles. The van der Waals surface area contributed by atoms with Gasteiger partial charge < -0.3 is 14.7 Å². The quantitative estimate of drug-likeness (QED) is 0.846. The van der Waals surface area contributed by atoms with Crippen LogP contribution < -0.4 is 0 Å². The van der Waals surface area contributed by atoms with Crippen LogP contribution in [0.2, 0.25) is 0 Å². The van der Waals surface area contributed by atoms with Crippen molar-refractivity contribution in [2.75, 3.05) is 0 Å². The van der Waals surface area contributed by atoms with E-state index in [1.54, 1.807) is 44.2 Å². The van der Waals surface area contributed by atoms with Crippen LogP contribution in [0, 0.1) is 0 Å². The second kappa shape index (κ2) is 6.26. The first-order chi connectivity index (χ1) is 10.2. The van der Waals surface area contributed by atoms with E-state index in [0.717, 1.165) is 10.5 Å². The Labute approximate surface area is 126 Å². The van der Waals surface area contributed by atoms with Gasteiger partial charge in [0.25, 0.3) is 5.91 Å². The lowest BCUT2D eigenvalue weighted by molar-refractivity contribution is -0.254. The molecule has 1 N–H and O–H groups in total. The Bertz CT molecular complexity index is 519. The minimum absolute atomic E-state index is 0.0181. The molecule has 0 aliphatic carbocycles. The van der Waals surface area contributed by atoms with Crippen molar-refractivity contribution in [2.24, 2.45) is 0 Å². The summed E-state index contributed by atoms with van der Waals surface area (Å²) in [6.07, 6.45) is -8.69. The number of halogens is 3. The van der Waals surface area contributed by atoms with Crippen LogP contribution in [0.3, 0.4) is 0 Å². The fourth-order valence-corrected chi connectivity index (χ4v) is 2.54. The topological polar surface area (TPSA) is 49.8 Å². The summed E-state index contributed by atoms with van der Waals surface area (Å²) in [5.41, 5.74) is 0.749. The van der Waals surface area contributed by atoms with Gasteiger partial charge in [-0.25, -0.2) is 0 Å². The number of aliphatic hydroxyl groups is 1. The minimum Gasteiger partial charge on any atom is -0.382 e. The highest BCUT2D eigenvalue weighted by Gasteiger charge is 2.59. The number of benzene rings is 1. The van der Waals surface area contributed by atoms with Crippen molar-refractivity contribution in [3.05, 3.63) is 35.9 Å². The lowest BCUT2D eigenvalue weighted by atomic mass is 9.90. The fourth-order valence-electron chi connectivity index (χ4n) is 2.54. The minimum atomic E-state index is -4.80. The maximum absolute atomic E-state index is 12.8. The summed E-state index contributed by atoms with van der Waals surface area (Å²) >= 11 is 0. The van der Waals surface area contributed by atoms with Gasteiger partial charge in [-0.1, -0.05) is 30.3 Å². The van der Waals surface area contributed by atoms with Crippen molar-refractivity contribution in [3.63, 3.8) is 0 Å². The molecular formula is C15H18F3NO3. The molecule has 2 rings (SSSR count). The molecule has 22 heavy (non-hydrogen) atoms. The summed E-state index contributed by atoms with van der Waals surface area (Å²) in [5.74, 6) is -0.528. The second-order valence-corrected chi connectivity index (χ2v) is 5.53. The van der Waals surface area contributed by atoms with Crippen LogP contribution in [-0.4, -0.2) is 46.4 Å². The number of alkyl halides is 3. The number of likely N-dealkylation sites (tertiary alicyclic amines) is 1. The molecule has 1 aromatic rings. The highest BCUT2D eigenvalue weighted by atomic mass is 19.4. The second-order valence-electron chi connectivity index (χ2n) is 5.53. The van der Waals surface area contributed by atoms with E-state index in [2.05, 4.69) is 0 Å². The first kappa shape index (κ1) is 16.8. The predicted molar refractivity (Wildman–Crippen MR) is 72.9 cm³/mol. The maximum Gasteiger partial charge on any atom is 0.416 e. The van der Waals surface area contributed by atoms with Gasteiger partial charge in [0.2, 0.25) is 0 Å². The Kier molecular flexibility index (Phi) is 4.77. The molecule has 3 atom stereocenters. The number of amides is 1. The van der Waals surface area contributed by atoms with E-state index in [1.165, 1.54) is 0 Å². The molecule has 0 spiro atoms. The van der Waals surface area contributed by atoms with E-state index >= 15 is 0 Å². The standard InChI is InChI=1S/C15H18F3NO3/c1-9(2)19-11(13(20)15(16,17)18)12(14(19)21)22-8-10-6-4-3-5-7-10/h3-7,9,11-13,20H,8H2,1-2H3/t11-,12-,13+/m1/s1. The number of hydrogen-bond donors (Lipinski definition) is 1. The van der Waals surface area contributed by atoms with Crippen LogP contribution in [0.4, 0.5) is 13.2 Å². The Hall–Kier alpha value is -1.60. The molecule has 0 bridgehead atoms. The van der Waals surface area contributed by atoms with E-state index in [0.29, 0.717) is 0 Å². The zero-order valence-corrected chi connectivity index (χ0v) is 12.2. The average molecular weight is 317 g/mol. The van der Waals surface area contributed by atoms with E-state index in [-0.39, 0.29) is 6.61 Å². The molecule has 7 heteroatoms. The Balaban J connectivity index is 2.10. The van der Waals surface area contributed by atoms with Crippen molar-refractivity contribution in [2.45, 2.75) is 50.9 Å². The number of ether oxygens (including phenoxy) is 1. The molecule has 1 aliphatic heterocycles. The number of nitrogens with zero attached hydrogens (tertiary/aromatic N) is 1. The molecule has 0 saturated carbocycles. The summed E-state index contributed by atoms with van der Waals surface area (Å²) < 4.78 is 43.7. The van der Waals surface area contributed by atoms with Gasteiger partial charge in [-0.3, -0.25) is 4.79 Å². The summed E-state index contributed by atoms with van der Waals surface area (Å²) in [5, 5.41) is 9.51. The molecule has 4 nitrogen and oxygen atoms in total. The largest absolute Gasteiger partial charge is 0.416 e. The molecule has 122 valence electrons. The number of hydrogen-bond acceptors (Lipinski definition) is 3. The van der Waals surface area contributed by atoms with Gasteiger partial charge in [0.1, 0.15) is 6.04 Å². The SMILES string of the molecule is CC(C)N1C(=O)[C@H](OCc2ccccc2)[C@@H]1[C@H](O)C(F)(F)F. The first-order valence-corrected chi connectivity index (χ1v) is 6.96. The Morgan fingerprint density at radius 3 is 2.36 bits per heavy atom. The lowest BCUT2D eigenvalue weighted by Gasteiger charge is -2.50. The smallest absolute Gasteiger partial charge is 0.382 e. The number of β-lactam (4-membered cyclic amide) rings is 1. The molecule has 0 aromatic heterocycles. The first-order valence-electron chi connectivity index (χ1n) is 6.96. The van der Waals surface area contributed by atoms with Gasteiger partial charge in [0.15, 0.2) is 12.2 Å². The fraction of sp³-hybridized carbons (Fsp3) is 0.533. The molecule has 1 aliphatic rings. The maximum atomic E-state index is 12.8. The van der Waals surface area contributed by atoms with Crippen LogP contribution in [0.15, 0.2) is 30.3 Å². The number of carbonyl (C=O) groups excluding carboxylic acids is 1. The third-order valence-corrected chi connectivity index (χ3v) is 3.62. The molecular weight excluding hydrogens is 299 g/mol. The molecule has 1 heterocycles. The average Bonchev–Trinajstić information content (AvgIpc) is 2.43. The van der Waals surface area contributed by atoms with E-state index in [1.807, 2.05) is 0 Å². The van der Waals surface area contributed by atoms with Crippen molar-refractivity contribution in [3.8, 4) is 0 Å². The van der Waals surface area contributed by atoms with Gasteiger partial charge >= 0.3 is 6.18 Å². The summed E-state index contributed by atoms with van der Waals surface area (Å²) in [4.78, 5) is 13.0. The lowest BCUT2D eigenvalue weighted by Crippen LogP contribution is -2.73. The zero-order chi connectivity index (χ0) is 16.5. The zero-order valence-electron chi connectivity index (χ0n) is 12.2. The van der Waals surface area contributed by atoms with Crippen LogP contribution in [0.25, 0.3) is 0 Å². The van der Waals surface area contributed by atoms with Crippen molar-refractivity contribution in [1.82, 2.24) is 4.90 Å². The van der Waals surface area contributed by atoms with Gasteiger partial charge in [-0.15, -0.1) is 0 Å². The molecule has 0 unspecified atom stereocenters. The molecule has 0 radical (unpaired) electrons. The van der Waals surface area contributed by atoms with Gasteiger partial charge in [-0.05, 0) is 19.4 Å². The normalized spacial score (nSPS) is 23.6. The van der Waals surface area contributed by atoms with Crippen LogP contribution in [0.1, 0.15) is 19.4 Å². The summed E-state index contributed by atoms with van der Waals surface area (Å²) in [7, 11) is 0. The van der Waals surface area contributed by atoms with E-state index in [4.69, 9.17) is 4.74 Å². The van der Waals surface area contributed by atoms with E-state index in [9.17, 15) is 23.1 Å². The van der Waals surface area contributed by atoms with Gasteiger partial charge in [0, 0.05) is 6.04 Å². The number of rotatable bonds is 5. The van der Waals surface area contributed by atoms with Crippen LogP contribution in [-0.2, 0) is 16.1 Å². The third-order valence-electron chi connectivity index (χ3n) is 3.62. The third kappa shape index (κ3) is 3.25.